The Labute approximate surface area is 188 Å². The van der Waals surface area contributed by atoms with Gasteiger partial charge in [0.15, 0.2) is 0 Å². The molecule has 1 aliphatic heterocycles. The van der Waals surface area contributed by atoms with E-state index in [1.807, 2.05) is 18.4 Å². The fourth-order valence-corrected chi connectivity index (χ4v) is 4.36. The fourth-order valence-electron chi connectivity index (χ4n) is 3.74. The van der Waals surface area contributed by atoms with E-state index in [2.05, 4.69) is 15.6 Å². The van der Waals surface area contributed by atoms with Crippen LogP contribution >= 0.6 is 11.3 Å². The summed E-state index contributed by atoms with van der Waals surface area (Å²) in [4.78, 5) is 43.7. The van der Waals surface area contributed by atoms with Crippen LogP contribution in [0.2, 0.25) is 0 Å². The molecule has 1 atom stereocenters. The number of amides is 4. The normalized spacial score (nSPS) is 18.0. The maximum Gasteiger partial charge on any atom is 0.325 e. The van der Waals surface area contributed by atoms with Crippen LogP contribution in [-0.2, 0) is 15.1 Å². The molecule has 1 aromatic heterocycles. The zero-order chi connectivity index (χ0) is 22.9. The number of rotatable bonds is 6. The molecule has 2 aromatic carbocycles. The average Bonchev–Trinajstić information content (AvgIpc) is 3.31. The van der Waals surface area contributed by atoms with Crippen molar-refractivity contribution in [2.45, 2.75) is 25.8 Å². The molecule has 0 aliphatic carbocycles. The predicted octanol–water partition coefficient (Wildman–Crippen LogP) is 4.05. The fraction of sp³-hybridized carbons (Fsp3) is 0.217. The molecule has 2 N–H and O–H groups in total. The first-order valence-electron chi connectivity index (χ1n) is 10.0. The molecule has 3 aromatic rings. The molecular formula is C23H21FN4O3S. The highest BCUT2D eigenvalue weighted by Gasteiger charge is 2.51. The summed E-state index contributed by atoms with van der Waals surface area (Å²) in [5.74, 6) is -1.49. The summed E-state index contributed by atoms with van der Waals surface area (Å²) in [5, 5.41) is 8.29. The van der Waals surface area contributed by atoms with E-state index in [4.69, 9.17) is 0 Å². The molecule has 0 bridgehead atoms. The summed E-state index contributed by atoms with van der Waals surface area (Å²) >= 11 is 1.53. The highest BCUT2D eigenvalue weighted by atomic mass is 32.1. The van der Waals surface area contributed by atoms with Crippen LogP contribution in [0.15, 0.2) is 53.9 Å². The van der Waals surface area contributed by atoms with E-state index in [1.54, 1.807) is 25.1 Å². The van der Waals surface area contributed by atoms with Crippen molar-refractivity contribution < 1.29 is 18.8 Å². The van der Waals surface area contributed by atoms with Crippen LogP contribution in [0.5, 0.6) is 0 Å². The van der Waals surface area contributed by atoms with Gasteiger partial charge in [-0.1, -0.05) is 31.2 Å². The van der Waals surface area contributed by atoms with Gasteiger partial charge in [-0.15, -0.1) is 11.3 Å². The number of carbonyl (C=O) groups excluding carboxylic acids is 3. The molecule has 1 saturated heterocycles. The molecule has 1 unspecified atom stereocenters. The molecule has 0 radical (unpaired) electrons. The quantitative estimate of drug-likeness (QED) is 0.552. The molecule has 2 heterocycles. The summed E-state index contributed by atoms with van der Waals surface area (Å²) in [6, 6.07) is 11.9. The van der Waals surface area contributed by atoms with E-state index >= 15 is 0 Å². The van der Waals surface area contributed by atoms with E-state index in [0.717, 1.165) is 21.2 Å². The predicted molar refractivity (Wildman–Crippen MR) is 120 cm³/mol. The van der Waals surface area contributed by atoms with Crippen molar-refractivity contribution in [3.05, 3.63) is 70.3 Å². The highest BCUT2D eigenvalue weighted by Crippen LogP contribution is 2.32. The van der Waals surface area contributed by atoms with E-state index in [1.165, 1.54) is 35.6 Å². The van der Waals surface area contributed by atoms with Crippen LogP contribution in [0.25, 0.3) is 11.3 Å². The zero-order valence-electron chi connectivity index (χ0n) is 17.5. The topological polar surface area (TPSA) is 91.4 Å². The van der Waals surface area contributed by atoms with Crippen molar-refractivity contribution in [2.75, 3.05) is 11.9 Å². The SMILES string of the molecule is CCC1(c2ccc(F)cc2)NC(=O)N(CC(=O)Nc2cccc(-c3csc(C)n3)c2)C1=O. The first-order chi connectivity index (χ1) is 15.3. The van der Waals surface area contributed by atoms with E-state index < -0.39 is 35.7 Å². The minimum atomic E-state index is -1.33. The molecule has 4 rings (SSSR count). The molecule has 7 nitrogen and oxygen atoms in total. The first kappa shape index (κ1) is 21.6. The number of benzene rings is 2. The van der Waals surface area contributed by atoms with Gasteiger partial charge in [-0.3, -0.25) is 14.5 Å². The lowest BCUT2D eigenvalue weighted by atomic mass is 9.87. The van der Waals surface area contributed by atoms with Gasteiger partial charge in [0.2, 0.25) is 5.91 Å². The number of hydrogen-bond acceptors (Lipinski definition) is 5. The number of hydrogen-bond donors (Lipinski definition) is 2. The van der Waals surface area contributed by atoms with Crippen LogP contribution in [0.1, 0.15) is 23.9 Å². The van der Waals surface area contributed by atoms with Crippen LogP contribution in [-0.4, -0.2) is 34.3 Å². The van der Waals surface area contributed by atoms with Crippen LogP contribution in [0, 0.1) is 12.7 Å². The third-order valence-corrected chi connectivity index (χ3v) is 6.18. The van der Waals surface area contributed by atoms with Gasteiger partial charge in [0.05, 0.1) is 10.7 Å². The number of anilines is 1. The number of carbonyl (C=O) groups is 3. The summed E-state index contributed by atoms with van der Waals surface area (Å²) < 4.78 is 13.3. The zero-order valence-corrected chi connectivity index (χ0v) is 18.3. The monoisotopic (exact) mass is 452 g/mol. The Kier molecular flexibility index (Phi) is 5.75. The van der Waals surface area contributed by atoms with Crippen LogP contribution < -0.4 is 10.6 Å². The van der Waals surface area contributed by atoms with E-state index in [9.17, 15) is 18.8 Å². The Morgan fingerprint density at radius 2 is 1.97 bits per heavy atom. The van der Waals surface area contributed by atoms with Gasteiger partial charge in [-0.25, -0.2) is 14.2 Å². The molecule has 9 heteroatoms. The molecule has 164 valence electrons. The number of thiazole rings is 1. The van der Waals surface area contributed by atoms with Crippen molar-refractivity contribution in [1.82, 2.24) is 15.2 Å². The third kappa shape index (κ3) is 3.99. The molecule has 1 aliphatic rings. The summed E-state index contributed by atoms with van der Waals surface area (Å²) in [6.07, 6.45) is 0.260. The van der Waals surface area contributed by atoms with Gasteiger partial charge in [-0.05, 0) is 43.2 Å². The Morgan fingerprint density at radius 1 is 1.22 bits per heavy atom. The second kappa shape index (κ2) is 8.51. The summed E-state index contributed by atoms with van der Waals surface area (Å²) in [6.45, 7) is 3.23. The largest absolute Gasteiger partial charge is 0.325 e. The van der Waals surface area contributed by atoms with Gasteiger partial charge in [0.25, 0.3) is 5.91 Å². The third-order valence-electron chi connectivity index (χ3n) is 5.41. The van der Waals surface area contributed by atoms with Gasteiger partial charge < -0.3 is 10.6 Å². The lowest BCUT2D eigenvalue weighted by Gasteiger charge is -2.25. The van der Waals surface area contributed by atoms with Gasteiger partial charge >= 0.3 is 6.03 Å². The summed E-state index contributed by atoms with van der Waals surface area (Å²) in [7, 11) is 0. The number of nitrogens with zero attached hydrogens (tertiary/aromatic N) is 2. The maximum atomic E-state index is 13.3. The number of urea groups is 1. The number of halogens is 1. The lowest BCUT2D eigenvalue weighted by molar-refractivity contribution is -0.134. The lowest BCUT2D eigenvalue weighted by Crippen LogP contribution is -2.44. The molecule has 4 amide bonds. The standard InChI is InChI=1S/C23H21FN4O3S/c1-3-23(16-7-9-17(24)10-8-16)21(30)28(22(31)27-23)12-20(29)26-18-6-4-5-15(11-18)19-13-32-14(2)25-19/h4-11,13H,3,12H2,1-2H3,(H,26,29)(H,27,31). The van der Waals surface area contributed by atoms with Gasteiger partial charge in [0.1, 0.15) is 17.9 Å². The minimum absolute atomic E-state index is 0.260. The van der Waals surface area contributed by atoms with Crippen molar-refractivity contribution in [3.63, 3.8) is 0 Å². The van der Waals surface area contributed by atoms with Crippen molar-refractivity contribution in [2.24, 2.45) is 0 Å². The molecule has 1 fully saturated rings. The van der Waals surface area contributed by atoms with Crippen molar-refractivity contribution in [1.29, 1.82) is 0 Å². The Balaban J connectivity index is 1.49. The van der Waals surface area contributed by atoms with Gasteiger partial charge in [0, 0.05) is 16.6 Å². The minimum Gasteiger partial charge on any atom is -0.325 e. The van der Waals surface area contributed by atoms with Gasteiger partial charge in [-0.2, -0.15) is 0 Å². The van der Waals surface area contributed by atoms with Crippen molar-refractivity contribution >= 4 is 34.9 Å². The summed E-state index contributed by atoms with van der Waals surface area (Å²) in [5.41, 5.74) is 1.33. The van der Waals surface area contributed by atoms with E-state index in [0.29, 0.717) is 11.3 Å². The Hall–Kier alpha value is -3.59. The molecular weight excluding hydrogens is 431 g/mol. The smallest absolute Gasteiger partial charge is 0.325 e. The second-order valence-electron chi connectivity index (χ2n) is 7.47. The number of imide groups is 1. The average molecular weight is 453 g/mol. The number of aryl methyl sites for hydroxylation is 1. The molecule has 32 heavy (non-hydrogen) atoms. The molecule has 0 spiro atoms. The highest BCUT2D eigenvalue weighted by molar-refractivity contribution is 7.09. The second-order valence-corrected chi connectivity index (χ2v) is 8.53. The van der Waals surface area contributed by atoms with Crippen molar-refractivity contribution in [3.8, 4) is 11.3 Å². The Morgan fingerprint density at radius 3 is 2.62 bits per heavy atom. The first-order valence-corrected chi connectivity index (χ1v) is 10.9. The Bertz CT molecular complexity index is 1190. The van der Waals surface area contributed by atoms with Crippen LogP contribution in [0.4, 0.5) is 14.9 Å². The number of nitrogens with one attached hydrogen (secondary N) is 2. The number of aromatic nitrogens is 1. The van der Waals surface area contributed by atoms with Crippen LogP contribution in [0.3, 0.4) is 0 Å². The maximum absolute atomic E-state index is 13.3. The van der Waals surface area contributed by atoms with E-state index in [-0.39, 0.29) is 6.42 Å². The molecule has 0 saturated carbocycles.